The van der Waals surface area contributed by atoms with Crippen LogP contribution in [0.15, 0.2) is 16.9 Å². The third kappa shape index (κ3) is 1.41. The van der Waals surface area contributed by atoms with Crippen LogP contribution in [-0.2, 0) is 0 Å². The highest BCUT2D eigenvalue weighted by Crippen LogP contribution is 2.28. The molecule has 2 N–H and O–H groups in total. The molecular formula is C8H12BrN3. The molecule has 12 heavy (non-hydrogen) atoms. The molecule has 1 saturated carbocycles. The van der Waals surface area contributed by atoms with Gasteiger partial charge in [-0.25, -0.2) is 0 Å². The lowest BCUT2D eigenvalue weighted by molar-refractivity contribution is 0.421. The van der Waals surface area contributed by atoms with Gasteiger partial charge in [0.05, 0.1) is 16.7 Å². The number of halogens is 1. The van der Waals surface area contributed by atoms with Gasteiger partial charge < -0.3 is 5.73 Å². The van der Waals surface area contributed by atoms with Crippen LogP contribution in [0.1, 0.15) is 25.3 Å². The Balaban J connectivity index is 2.19. The largest absolute Gasteiger partial charge is 0.326 e. The van der Waals surface area contributed by atoms with E-state index < -0.39 is 0 Å². The van der Waals surface area contributed by atoms with E-state index in [0.29, 0.717) is 6.04 Å². The Morgan fingerprint density at radius 3 is 2.92 bits per heavy atom. The van der Waals surface area contributed by atoms with Crippen molar-refractivity contribution >= 4 is 15.9 Å². The summed E-state index contributed by atoms with van der Waals surface area (Å²) in [6.07, 6.45) is 7.32. The van der Waals surface area contributed by atoms with E-state index in [0.717, 1.165) is 17.3 Å². The number of hydrogen-bond acceptors (Lipinski definition) is 2. The summed E-state index contributed by atoms with van der Waals surface area (Å²) in [6, 6.07) is 0.702. The van der Waals surface area contributed by atoms with Crippen LogP contribution in [0.3, 0.4) is 0 Å². The van der Waals surface area contributed by atoms with Gasteiger partial charge in [0.1, 0.15) is 0 Å². The second-order valence-corrected chi connectivity index (χ2v) is 4.22. The van der Waals surface area contributed by atoms with Crippen LogP contribution in [0.25, 0.3) is 0 Å². The monoisotopic (exact) mass is 229 g/mol. The van der Waals surface area contributed by atoms with Gasteiger partial charge in [0.2, 0.25) is 0 Å². The van der Waals surface area contributed by atoms with Gasteiger partial charge in [0.25, 0.3) is 0 Å². The molecule has 66 valence electrons. The summed E-state index contributed by atoms with van der Waals surface area (Å²) in [4.78, 5) is 0. The average molecular weight is 230 g/mol. The number of rotatable bonds is 1. The van der Waals surface area contributed by atoms with Gasteiger partial charge in [0.15, 0.2) is 0 Å². The summed E-state index contributed by atoms with van der Waals surface area (Å²) in [6.45, 7) is 0. The first-order valence-electron chi connectivity index (χ1n) is 4.22. The predicted molar refractivity (Wildman–Crippen MR) is 50.8 cm³/mol. The predicted octanol–water partition coefficient (Wildman–Crippen LogP) is 1.70. The molecular weight excluding hydrogens is 218 g/mol. The van der Waals surface area contributed by atoms with E-state index >= 15 is 0 Å². The molecule has 1 aliphatic carbocycles. The first-order chi connectivity index (χ1) is 5.77. The summed E-state index contributed by atoms with van der Waals surface area (Å²) in [7, 11) is 0. The topological polar surface area (TPSA) is 43.8 Å². The van der Waals surface area contributed by atoms with Crippen molar-refractivity contribution < 1.29 is 0 Å². The van der Waals surface area contributed by atoms with Crippen molar-refractivity contribution in [3.63, 3.8) is 0 Å². The summed E-state index contributed by atoms with van der Waals surface area (Å²) >= 11 is 3.38. The zero-order chi connectivity index (χ0) is 8.55. The Morgan fingerprint density at radius 2 is 2.42 bits per heavy atom. The summed E-state index contributed by atoms with van der Waals surface area (Å²) < 4.78 is 3.00. The van der Waals surface area contributed by atoms with Gasteiger partial charge in [-0.15, -0.1) is 0 Å². The SMILES string of the molecule is N[C@@H]1CCC[C@@H]1n1cc(Br)cn1. The first kappa shape index (κ1) is 8.26. The Morgan fingerprint density at radius 1 is 1.58 bits per heavy atom. The van der Waals surface area contributed by atoms with Crippen molar-refractivity contribution in [2.24, 2.45) is 5.73 Å². The lowest BCUT2D eigenvalue weighted by Crippen LogP contribution is -2.27. The molecule has 1 aromatic heterocycles. The lowest BCUT2D eigenvalue weighted by atomic mass is 10.2. The van der Waals surface area contributed by atoms with Crippen LogP contribution in [0, 0.1) is 0 Å². The second kappa shape index (κ2) is 3.18. The molecule has 4 heteroatoms. The maximum atomic E-state index is 5.94. The third-order valence-electron chi connectivity index (χ3n) is 2.44. The molecule has 0 radical (unpaired) electrons. The fraction of sp³-hybridized carbons (Fsp3) is 0.625. The molecule has 0 amide bonds. The molecule has 1 aromatic rings. The van der Waals surface area contributed by atoms with Crippen molar-refractivity contribution in [1.82, 2.24) is 9.78 Å². The average Bonchev–Trinajstić information content (AvgIpc) is 2.58. The maximum absolute atomic E-state index is 5.94. The van der Waals surface area contributed by atoms with E-state index in [-0.39, 0.29) is 6.04 Å². The van der Waals surface area contributed by atoms with Crippen molar-refractivity contribution in [2.45, 2.75) is 31.3 Å². The van der Waals surface area contributed by atoms with Crippen molar-refractivity contribution in [3.05, 3.63) is 16.9 Å². The van der Waals surface area contributed by atoms with Crippen molar-refractivity contribution in [3.8, 4) is 0 Å². The smallest absolute Gasteiger partial charge is 0.0670 e. The minimum absolute atomic E-state index is 0.289. The van der Waals surface area contributed by atoms with Gasteiger partial charge in [-0.2, -0.15) is 5.10 Å². The molecule has 2 atom stereocenters. The van der Waals surface area contributed by atoms with E-state index in [2.05, 4.69) is 21.0 Å². The molecule has 0 aromatic carbocycles. The van der Waals surface area contributed by atoms with Crippen LogP contribution in [-0.4, -0.2) is 15.8 Å². The van der Waals surface area contributed by atoms with Crippen LogP contribution in [0.2, 0.25) is 0 Å². The van der Waals surface area contributed by atoms with Gasteiger partial charge in [0, 0.05) is 12.2 Å². The van der Waals surface area contributed by atoms with Crippen LogP contribution in [0.4, 0.5) is 0 Å². The lowest BCUT2D eigenvalue weighted by Gasteiger charge is -2.15. The number of nitrogens with two attached hydrogens (primary N) is 1. The van der Waals surface area contributed by atoms with Crippen molar-refractivity contribution in [1.29, 1.82) is 0 Å². The zero-order valence-electron chi connectivity index (χ0n) is 6.78. The van der Waals surface area contributed by atoms with E-state index in [1.807, 2.05) is 17.1 Å². The molecule has 0 saturated heterocycles. The second-order valence-electron chi connectivity index (χ2n) is 3.30. The molecule has 0 bridgehead atoms. The van der Waals surface area contributed by atoms with Crippen LogP contribution in [0.5, 0.6) is 0 Å². The van der Waals surface area contributed by atoms with Crippen LogP contribution >= 0.6 is 15.9 Å². The fourth-order valence-corrected chi connectivity index (χ4v) is 2.10. The fourth-order valence-electron chi connectivity index (χ4n) is 1.79. The molecule has 1 aliphatic rings. The Bertz CT molecular complexity index is 271. The summed E-state index contributed by atoms with van der Waals surface area (Å²) in [5.74, 6) is 0. The summed E-state index contributed by atoms with van der Waals surface area (Å²) in [5, 5.41) is 4.24. The third-order valence-corrected chi connectivity index (χ3v) is 2.85. The van der Waals surface area contributed by atoms with Gasteiger partial charge in [-0.3, -0.25) is 4.68 Å². The molecule has 1 fully saturated rings. The van der Waals surface area contributed by atoms with Gasteiger partial charge in [-0.05, 0) is 35.2 Å². The van der Waals surface area contributed by atoms with Gasteiger partial charge >= 0.3 is 0 Å². The van der Waals surface area contributed by atoms with E-state index in [1.54, 1.807) is 0 Å². The minimum atomic E-state index is 0.289. The highest BCUT2D eigenvalue weighted by atomic mass is 79.9. The van der Waals surface area contributed by atoms with Gasteiger partial charge in [-0.1, -0.05) is 0 Å². The molecule has 0 spiro atoms. The standard InChI is InChI=1S/C8H12BrN3/c9-6-4-11-12(5-6)8-3-1-2-7(8)10/h4-5,7-8H,1-3,10H2/t7-,8+/m1/s1. The molecule has 1 heterocycles. The number of nitrogens with zero attached hydrogens (tertiary/aromatic N) is 2. The molecule has 0 unspecified atom stereocenters. The number of hydrogen-bond donors (Lipinski definition) is 1. The molecule has 3 nitrogen and oxygen atoms in total. The van der Waals surface area contributed by atoms with Crippen molar-refractivity contribution in [2.75, 3.05) is 0 Å². The Kier molecular flexibility index (Phi) is 2.19. The normalized spacial score (nSPS) is 29.5. The number of aromatic nitrogens is 2. The minimum Gasteiger partial charge on any atom is -0.326 e. The Hall–Kier alpha value is -0.350. The molecule has 0 aliphatic heterocycles. The zero-order valence-corrected chi connectivity index (χ0v) is 8.37. The maximum Gasteiger partial charge on any atom is 0.0670 e. The van der Waals surface area contributed by atoms with E-state index in [1.165, 1.54) is 6.42 Å². The summed E-state index contributed by atoms with van der Waals surface area (Å²) in [5.41, 5.74) is 5.94. The highest BCUT2D eigenvalue weighted by molar-refractivity contribution is 9.10. The molecule has 2 rings (SSSR count). The highest BCUT2D eigenvalue weighted by Gasteiger charge is 2.25. The Labute approximate surface area is 80.1 Å². The van der Waals surface area contributed by atoms with E-state index in [4.69, 9.17) is 5.73 Å². The quantitative estimate of drug-likeness (QED) is 0.797. The van der Waals surface area contributed by atoms with E-state index in [9.17, 15) is 0 Å². The van der Waals surface area contributed by atoms with Crippen LogP contribution < -0.4 is 5.73 Å². The first-order valence-corrected chi connectivity index (χ1v) is 5.02.